The molecule has 0 atom stereocenters. The average Bonchev–Trinajstić information content (AvgIpc) is 2.34. The lowest BCUT2D eigenvalue weighted by Crippen LogP contribution is -1.89. The van der Waals surface area contributed by atoms with Crippen LogP contribution >= 0.6 is 0 Å². The van der Waals surface area contributed by atoms with Gasteiger partial charge in [0.2, 0.25) is 0 Å². The second kappa shape index (κ2) is 8.20. The van der Waals surface area contributed by atoms with E-state index in [1.165, 1.54) is 56.2 Å². The van der Waals surface area contributed by atoms with Crippen LogP contribution in [0, 0.1) is 0 Å². The van der Waals surface area contributed by atoms with Gasteiger partial charge in [-0.25, -0.2) is 0 Å². The molecule has 90 valence electrons. The highest BCUT2D eigenvalue weighted by atomic mass is 14.8. The van der Waals surface area contributed by atoms with Gasteiger partial charge in [-0.3, -0.25) is 0 Å². The van der Waals surface area contributed by atoms with E-state index in [0.717, 1.165) is 0 Å². The van der Waals surface area contributed by atoms with Crippen molar-refractivity contribution in [3.05, 3.63) is 29.8 Å². The SMILES string of the molecule is CCCCCCCCc1ccc(NC)cc1. The molecular formula is C15H25N. The molecule has 0 amide bonds. The van der Waals surface area contributed by atoms with E-state index < -0.39 is 0 Å². The molecule has 1 aromatic rings. The van der Waals surface area contributed by atoms with Crippen molar-refractivity contribution < 1.29 is 0 Å². The summed E-state index contributed by atoms with van der Waals surface area (Å²) in [7, 11) is 1.96. The minimum atomic E-state index is 1.20. The van der Waals surface area contributed by atoms with Gasteiger partial charge in [-0.2, -0.15) is 0 Å². The van der Waals surface area contributed by atoms with Crippen molar-refractivity contribution in [1.82, 2.24) is 0 Å². The first-order valence-electron chi connectivity index (χ1n) is 6.63. The summed E-state index contributed by atoms with van der Waals surface area (Å²) in [6, 6.07) is 8.79. The first-order valence-corrected chi connectivity index (χ1v) is 6.63. The van der Waals surface area contributed by atoms with Gasteiger partial charge in [0, 0.05) is 12.7 Å². The van der Waals surface area contributed by atoms with Gasteiger partial charge >= 0.3 is 0 Å². The van der Waals surface area contributed by atoms with Crippen molar-refractivity contribution in [3.8, 4) is 0 Å². The number of hydrogen-bond donors (Lipinski definition) is 1. The molecule has 1 heteroatoms. The minimum Gasteiger partial charge on any atom is -0.388 e. The summed E-state index contributed by atoms with van der Waals surface area (Å²) in [6.45, 7) is 2.27. The van der Waals surface area contributed by atoms with Crippen LogP contribution in [0.5, 0.6) is 0 Å². The van der Waals surface area contributed by atoms with Crippen molar-refractivity contribution in [2.75, 3.05) is 12.4 Å². The molecule has 1 N–H and O–H groups in total. The van der Waals surface area contributed by atoms with Gasteiger partial charge in [-0.1, -0.05) is 51.2 Å². The fraction of sp³-hybridized carbons (Fsp3) is 0.600. The van der Waals surface area contributed by atoms with Crippen LogP contribution in [0.25, 0.3) is 0 Å². The lowest BCUT2D eigenvalue weighted by Gasteiger charge is -2.04. The number of rotatable bonds is 8. The molecule has 16 heavy (non-hydrogen) atoms. The normalized spacial score (nSPS) is 10.4. The van der Waals surface area contributed by atoms with E-state index in [0.29, 0.717) is 0 Å². The van der Waals surface area contributed by atoms with Crippen LogP contribution in [0.2, 0.25) is 0 Å². The van der Waals surface area contributed by atoms with E-state index in [-0.39, 0.29) is 0 Å². The maximum atomic E-state index is 3.14. The first-order chi connectivity index (χ1) is 7.86. The number of unbranched alkanes of at least 4 members (excludes halogenated alkanes) is 5. The predicted molar refractivity (Wildman–Crippen MR) is 73.1 cm³/mol. The van der Waals surface area contributed by atoms with Gasteiger partial charge in [0.1, 0.15) is 0 Å². The summed E-state index contributed by atoms with van der Waals surface area (Å²) >= 11 is 0. The van der Waals surface area contributed by atoms with Crippen LogP contribution in [0.15, 0.2) is 24.3 Å². The fourth-order valence-corrected chi connectivity index (χ4v) is 1.95. The molecule has 0 aromatic heterocycles. The molecule has 1 aromatic carbocycles. The van der Waals surface area contributed by atoms with Crippen LogP contribution in [0.1, 0.15) is 51.0 Å². The van der Waals surface area contributed by atoms with E-state index in [4.69, 9.17) is 0 Å². The Morgan fingerprint density at radius 1 is 0.875 bits per heavy atom. The minimum absolute atomic E-state index is 1.20. The van der Waals surface area contributed by atoms with Crippen molar-refractivity contribution in [1.29, 1.82) is 0 Å². The zero-order valence-electron chi connectivity index (χ0n) is 10.8. The van der Waals surface area contributed by atoms with Crippen LogP contribution in [-0.4, -0.2) is 7.05 Å². The van der Waals surface area contributed by atoms with E-state index in [2.05, 4.69) is 36.5 Å². The van der Waals surface area contributed by atoms with Gasteiger partial charge < -0.3 is 5.32 Å². The average molecular weight is 219 g/mol. The Balaban J connectivity index is 2.12. The Bertz CT molecular complexity index is 263. The monoisotopic (exact) mass is 219 g/mol. The molecule has 0 unspecified atom stereocenters. The van der Waals surface area contributed by atoms with E-state index >= 15 is 0 Å². The van der Waals surface area contributed by atoms with Crippen molar-refractivity contribution in [2.24, 2.45) is 0 Å². The molecule has 0 aliphatic carbocycles. The topological polar surface area (TPSA) is 12.0 Å². The van der Waals surface area contributed by atoms with Gasteiger partial charge in [-0.05, 0) is 30.5 Å². The van der Waals surface area contributed by atoms with Crippen LogP contribution in [-0.2, 0) is 6.42 Å². The fourth-order valence-electron chi connectivity index (χ4n) is 1.95. The quantitative estimate of drug-likeness (QED) is 0.628. The third-order valence-corrected chi connectivity index (χ3v) is 3.06. The highest BCUT2D eigenvalue weighted by molar-refractivity contribution is 5.43. The third-order valence-electron chi connectivity index (χ3n) is 3.06. The van der Waals surface area contributed by atoms with Gasteiger partial charge in [0.25, 0.3) is 0 Å². The number of aryl methyl sites for hydroxylation is 1. The Kier molecular flexibility index (Phi) is 6.71. The molecule has 0 heterocycles. The largest absolute Gasteiger partial charge is 0.388 e. The number of anilines is 1. The molecule has 0 radical (unpaired) electrons. The summed E-state index contributed by atoms with van der Waals surface area (Å²) < 4.78 is 0. The van der Waals surface area contributed by atoms with Gasteiger partial charge in [0.15, 0.2) is 0 Å². The van der Waals surface area contributed by atoms with Crippen LogP contribution < -0.4 is 5.32 Å². The highest BCUT2D eigenvalue weighted by Crippen LogP contribution is 2.12. The second-order valence-electron chi connectivity index (χ2n) is 4.46. The van der Waals surface area contributed by atoms with E-state index in [9.17, 15) is 0 Å². The van der Waals surface area contributed by atoms with Crippen molar-refractivity contribution in [2.45, 2.75) is 51.9 Å². The molecule has 0 saturated heterocycles. The third kappa shape index (κ3) is 5.20. The Morgan fingerprint density at radius 3 is 2.12 bits per heavy atom. The molecule has 0 bridgehead atoms. The summed E-state index contributed by atoms with van der Waals surface area (Å²) in [5.74, 6) is 0. The molecular weight excluding hydrogens is 194 g/mol. The smallest absolute Gasteiger partial charge is 0.0337 e. The zero-order valence-corrected chi connectivity index (χ0v) is 10.8. The highest BCUT2D eigenvalue weighted by Gasteiger charge is 1.94. The molecule has 0 aliphatic heterocycles. The van der Waals surface area contributed by atoms with Gasteiger partial charge in [-0.15, -0.1) is 0 Å². The maximum absolute atomic E-state index is 3.14. The molecule has 0 fully saturated rings. The lowest BCUT2D eigenvalue weighted by molar-refractivity contribution is 0.607. The molecule has 1 nitrogen and oxygen atoms in total. The van der Waals surface area contributed by atoms with E-state index in [1.807, 2.05) is 7.05 Å². The second-order valence-corrected chi connectivity index (χ2v) is 4.46. The number of hydrogen-bond acceptors (Lipinski definition) is 1. The summed E-state index contributed by atoms with van der Waals surface area (Å²) in [5.41, 5.74) is 2.67. The first kappa shape index (κ1) is 13.1. The standard InChI is InChI=1S/C15H25N/c1-3-4-5-6-7-8-9-14-10-12-15(16-2)13-11-14/h10-13,16H,3-9H2,1-2H3. The Morgan fingerprint density at radius 2 is 1.50 bits per heavy atom. The van der Waals surface area contributed by atoms with Crippen LogP contribution in [0.4, 0.5) is 5.69 Å². The summed E-state index contributed by atoms with van der Waals surface area (Å²) in [5, 5.41) is 3.14. The predicted octanol–water partition coefficient (Wildman–Crippen LogP) is 4.63. The van der Waals surface area contributed by atoms with Gasteiger partial charge in [0.05, 0.1) is 0 Å². The Labute approximate surface area is 100 Å². The number of benzene rings is 1. The zero-order chi connectivity index (χ0) is 11.6. The summed E-state index contributed by atoms with van der Waals surface area (Å²) in [4.78, 5) is 0. The van der Waals surface area contributed by atoms with Crippen LogP contribution in [0.3, 0.4) is 0 Å². The molecule has 0 spiro atoms. The van der Waals surface area contributed by atoms with Crippen molar-refractivity contribution in [3.63, 3.8) is 0 Å². The maximum Gasteiger partial charge on any atom is 0.0337 e. The van der Waals surface area contributed by atoms with E-state index in [1.54, 1.807) is 0 Å². The number of nitrogens with one attached hydrogen (secondary N) is 1. The molecule has 0 saturated carbocycles. The Hall–Kier alpha value is -0.980. The molecule has 0 aliphatic rings. The van der Waals surface area contributed by atoms with Crippen molar-refractivity contribution >= 4 is 5.69 Å². The summed E-state index contributed by atoms with van der Waals surface area (Å²) in [6.07, 6.45) is 9.51. The lowest BCUT2D eigenvalue weighted by atomic mass is 10.0. The molecule has 1 rings (SSSR count).